The Morgan fingerprint density at radius 3 is 2.86 bits per heavy atom. The molecule has 0 unspecified atom stereocenters. The predicted molar refractivity (Wildman–Crippen MR) is 75.7 cm³/mol. The van der Waals surface area contributed by atoms with E-state index in [2.05, 4.69) is 4.98 Å². The van der Waals surface area contributed by atoms with E-state index in [0.717, 1.165) is 0 Å². The van der Waals surface area contributed by atoms with Gasteiger partial charge in [-0.1, -0.05) is 18.2 Å². The SMILES string of the molecule is COC(=O)c1cccn2cc(Cc3ccccc3F)nc12. The summed E-state index contributed by atoms with van der Waals surface area (Å²) in [4.78, 5) is 16.1. The lowest BCUT2D eigenvalue weighted by Crippen LogP contribution is -2.03. The summed E-state index contributed by atoms with van der Waals surface area (Å²) in [5.41, 5.74) is 2.16. The number of methoxy groups -OCH3 is 1. The van der Waals surface area contributed by atoms with Crippen LogP contribution in [0.2, 0.25) is 0 Å². The number of carbonyl (C=O) groups is 1. The summed E-state index contributed by atoms with van der Waals surface area (Å²) in [6.45, 7) is 0. The maximum atomic E-state index is 13.7. The van der Waals surface area contributed by atoms with E-state index in [1.54, 1.807) is 47.1 Å². The molecule has 0 spiro atoms. The number of esters is 1. The van der Waals surface area contributed by atoms with Crippen LogP contribution in [0, 0.1) is 5.82 Å². The summed E-state index contributed by atoms with van der Waals surface area (Å²) in [7, 11) is 1.33. The minimum atomic E-state index is -0.441. The number of fused-ring (bicyclic) bond motifs is 1. The van der Waals surface area contributed by atoms with Gasteiger partial charge in [0.05, 0.1) is 12.8 Å². The number of carbonyl (C=O) groups excluding carboxylic acids is 1. The number of imidazole rings is 1. The Morgan fingerprint density at radius 2 is 2.10 bits per heavy atom. The highest BCUT2D eigenvalue weighted by atomic mass is 19.1. The zero-order valence-corrected chi connectivity index (χ0v) is 11.4. The molecule has 0 atom stereocenters. The third kappa shape index (κ3) is 2.50. The molecule has 0 N–H and O–H groups in total. The average molecular weight is 284 g/mol. The third-order valence-corrected chi connectivity index (χ3v) is 3.27. The van der Waals surface area contributed by atoms with Gasteiger partial charge in [-0.15, -0.1) is 0 Å². The second-order valence-electron chi connectivity index (χ2n) is 4.64. The Bertz CT molecular complexity index is 811. The summed E-state index contributed by atoms with van der Waals surface area (Å²) in [6, 6.07) is 9.98. The lowest BCUT2D eigenvalue weighted by molar-refractivity contribution is 0.0602. The van der Waals surface area contributed by atoms with Crippen LogP contribution in [0.25, 0.3) is 5.65 Å². The number of halogens is 1. The quantitative estimate of drug-likeness (QED) is 0.695. The van der Waals surface area contributed by atoms with Gasteiger partial charge in [0.1, 0.15) is 11.4 Å². The standard InChI is InChI=1S/C16H13FN2O2/c1-21-16(20)13-6-4-8-19-10-12(18-15(13)19)9-11-5-2-3-7-14(11)17/h2-8,10H,9H2,1H3. The molecule has 0 saturated heterocycles. The van der Waals surface area contributed by atoms with Crippen molar-refractivity contribution < 1.29 is 13.9 Å². The van der Waals surface area contributed by atoms with E-state index in [-0.39, 0.29) is 5.82 Å². The van der Waals surface area contributed by atoms with E-state index in [0.29, 0.717) is 28.9 Å². The molecule has 2 heterocycles. The Hall–Kier alpha value is -2.69. The molecule has 4 nitrogen and oxygen atoms in total. The van der Waals surface area contributed by atoms with Crippen molar-refractivity contribution in [3.63, 3.8) is 0 Å². The molecule has 21 heavy (non-hydrogen) atoms. The van der Waals surface area contributed by atoms with Gasteiger partial charge in [0.2, 0.25) is 0 Å². The van der Waals surface area contributed by atoms with Crippen molar-refractivity contribution in [3.8, 4) is 0 Å². The Morgan fingerprint density at radius 1 is 1.29 bits per heavy atom. The summed E-state index contributed by atoms with van der Waals surface area (Å²) in [6.07, 6.45) is 3.95. The van der Waals surface area contributed by atoms with Gasteiger partial charge in [-0.05, 0) is 23.8 Å². The van der Waals surface area contributed by atoms with E-state index in [1.807, 2.05) is 0 Å². The van der Waals surface area contributed by atoms with Crippen molar-refractivity contribution in [1.29, 1.82) is 0 Å². The first kappa shape index (κ1) is 13.3. The smallest absolute Gasteiger partial charge is 0.341 e. The first-order valence-electron chi connectivity index (χ1n) is 6.47. The van der Waals surface area contributed by atoms with Crippen LogP contribution in [0.4, 0.5) is 4.39 Å². The fraction of sp³-hybridized carbons (Fsp3) is 0.125. The van der Waals surface area contributed by atoms with Gasteiger partial charge >= 0.3 is 5.97 Å². The van der Waals surface area contributed by atoms with Crippen LogP contribution in [0.1, 0.15) is 21.6 Å². The maximum absolute atomic E-state index is 13.7. The molecule has 0 aliphatic carbocycles. The summed E-state index contributed by atoms with van der Waals surface area (Å²) < 4.78 is 20.2. The Labute approximate surface area is 120 Å². The van der Waals surface area contributed by atoms with Gasteiger partial charge in [0.25, 0.3) is 0 Å². The maximum Gasteiger partial charge on any atom is 0.341 e. The van der Waals surface area contributed by atoms with E-state index < -0.39 is 5.97 Å². The minimum absolute atomic E-state index is 0.261. The average Bonchev–Trinajstić information content (AvgIpc) is 2.91. The molecular formula is C16H13FN2O2. The molecular weight excluding hydrogens is 271 g/mol. The van der Waals surface area contributed by atoms with Crippen molar-refractivity contribution in [2.75, 3.05) is 7.11 Å². The fourth-order valence-electron chi connectivity index (χ4n) is 2.26. The first-order chi connectivity index (χ1) is 10.2. The van der Waals surface area contributed by atoms with E-state index in [1.165, 1.54) is 13.2 Å². The highest BCUT2D eigenvalue weighted by Gasteiger charge is 2.14. The molecule has 3 aromatic rings. The molecule has 3 rings (SSSR count). The molecule has 106 valence electrons. The van der Waals surface area contributed by atoms with Crippen LogP contribution in [-0.4, -0.2) is 22.5 Å². The zero-order chi connectivity index (χ0) is 14.8. The summed E-state index contributed by atoms with van der Waals surface area (Å²) >= 11 is 0. The van der Waals surface area contributed by atoms with E-state index >= 15 is 0 Å². The molecule has 2 aromatic heterocycles. The molecule has 0 amide bonds. The van der Waals surface area contributed by atoms with Crippen molar-refractivity contribution in [3.05, 3.63) is 71.4 Å². The topological polar surface area (TPSA) is 43.6 Å². The van der Waals surface area contributed by atoms with Crippen molar-refractivity contribution in [1.82, 2.24) is 9.38 Å². The molecule has 0 bridgehead atoms. The third-order valence-electron chi connectivity index (χ3n) is 3.27. The largest absolute Gasteiger partial charge is 0.465 e. The predicted octanol–water partition coefficient (Wildman–Crippen LogP) is 2.85. The van der Waals surface area contributed by atoms with E-state index in [9.17, 15) is 9.18 Å². The molecule has 0 aliphatic heterocycles. The number of rotatable bonds is 3. The lowest BCUT2D eigenvalue weighted by Gasteiger charge is -2.00. The molecule has 0 saturated carbocycles. The molecule has 0 aliphatic rings. The first-order valence-corrected chi connectivity index (χ1v) is 6.47. The Balaban J connectivity index is 2.02. The summed E-state index contributed by atoms with van der Waals surface area (Å²) in [5, 5.41) is 0. The van der Waals surface area contributed by atoms with Crippen LogP contribution >= 0.6 is 0 Å². The van der Waals surface area contributed by atoms with Crippen LogP contribution in [0.15, 0.2) is 48.8 Å². The monoisotopic (exact) mass is 284 g/mol. The number of nitrogens with zero attached hydrogens (tertiary/aromatic N) is 2. The molecule has 5 heteroatoms. The van der Waals surface area contributed by atoms with Crippen LogP contribution in [0.5, 0.6) is 0 Å². The van der Waals surface area contributed by atoms with Gasteiger partial charge in [-0.25, -0.2) is 14.2 Å². The number of pyridine rings is 1. The number of ether oxygens (including phenoxy) is 1. The fourth-order valence-corrected chi connectivity index (χ4v) is 2.26. The summed E-state index contributed by atoms with van der Waals surface area (Å²) in [5.74, 6) is -0.702. The number of hydrogen-bond donors (Lipinski definition) is 0. The number of benzene rings is 1. The van der Waals surface area contributed by atoms with Gasteiger partial charge in [-0.3, -0.25) is 0 Å². The minimum Gasteiger partial charge on any atom is -0.465 e. The zero-order valence-electron chi connectivity index (χ0n) is 11.4. The Kier molecular flexibility index (Phi) is 3.39. The van der Waals surface area contributed by atoms with Crippen LogP contribution in [0.3, 0.4) is 0 Å². The molecule has 0 fully saturated rings. The van der Waals surface area contributed by atoms with E-state index in [4.69, 9.17) is 4.74 Å². The number of aromatic nitrogens is 2. The normalized spacial score (nSPS) is 10.8. The van der Waals surface area contributed by atoms with Crippen molar-refractivity contribution >= 4 is 11.6 Å². The highest BCUT2D eigenvalue weighted by Crippen LogP contribution is 2.16. The second kappa shape index (κ2) is 5.36. The van der Waals surface area contributed by atoms with Gasteiger partial charge in [0.15, 0.2) is 5.65 Å². The van der Waals surface area contributed by atoms with Gasteiger partial charge in [0, 0.05) is 18.8 Å². The van der Waals surface area contributed by atoms with Gasteiger partial charge < -0.3 is 9.14 Å². The lowest BCUT2D eigenvalue weighted by atomic mass is 10.1. The molecule has 0 radical (unpaired) electrons. The molecule has 1 aromatic carbocycles. The van der Waals surface area contributed by atoms with Crippen LogP contribution in [-0.2, 0) is 11.2 Å². The van der Waals surface area contributed by atoms with Gasteiger partial charge in [-0.2, -0.15) is 0 Å². The number of hydrogen-bond acceptors (Lipinski definition) is 3. The highest BCUT2D eigenvalue weighted by molar-refractivity contribution is 5.95. The van der Waals surface area contributed by atoms with Crippen molar-refractivity contribution in [2.24, 2.45) is 0 Å². The van der Waals surface area contributed by atoms with Crippen LogP contribution < -0.4 is 0 Å². The van der Waals surface area contributed by atoms with Crippen molar-refractivity contribution in [2.45, 2.75) is 6.42 Å². The second-order valence-corrected chi connectivity index (χ2v) is 4.64.